The maximum Gasteiger partial charge on any atom is 0.323 e. The van der Waals surface area contributed by atoms with Crippen molar-refractivity contribution in [1.29, 1.82) is 0 Å². The molecule has 0 saturated carbocycles. The normalized spacial score (nSPS) is 10.4. The van der Waals surface area contributed by atoms with Crippen LogP contribution in [0.15, 0.2) is 76.8 Å². The molecule has 8 heteroatoms. The van der Waals surface area contributed by atoms with Crippen LogP contribution in [0.1, 0.15) is 5.69 Å². The number of amides is 3. The maximum absolute atomic E-state index is 12.4. The summed E-state index contributed by atoms with van der Waals surface area (Å²) in [7, 11) is 0. The van der Waals surface area contributed by atoms with E-state index < -0.39 is 0 Å². The van der Waals surface area contributed by atoms with Gasteiger partial charge in [0, 0.05) is 33.4 Å². The predicted molar refractivity (Wildman–Crippen MR) is 123 cm³/mol. The van der Waals surface area contributed by atoms with Crippen LogP contribution in [0.3, 0.4) is 0 Å². The molecule has 0 aliphatic rings. The van der Waals surface area contributed by atoms with Crippen molar-refractivity contribution in [2.24, 2.45) is 0 Å². The molecule has 6 nitrogen and oxygen atoms in total. The first-order chi connectivity index (χ1) is 14.7. The van der Waals surface area contributed by atoms with Crippen LogP contribution in [0, 0.1) is 0 Å². The summed E-state index contributed by atoms with van der Waals surface area (Å²) in [4.78, 5) is 29.1. The summed E-state index contributed by atoms with van der Waals surface area (Å²) in [5.41, 5.74) is 3.68. The summed E-state index contributed by atoms with van der Waals surface area (Å²) in [5, 5.41) is 15.2. The fraction of sp³-hybridized carbons (Fsp3) is 0.0455. The lowest BCUT2D eigenvalue weighted by molar-refractivity contribution is -0.115. The zero-order valence-electron chi connectivity index (χ0n) is 15.8. The molecule has 0 fully saturated rings. The number of nitrogens with zero attached hydrogens (tertiary/aromatic N) is 1. The minimum atomic E-state index is -0.354. The largest absolute Gasteiger partial charge is 0.326 e. The monoisotopic (exact) mass is 434 g/mol. The molecule has 0 saturated heterocycles. The molecule has 0 spiro atoms. The highest BCUT2D eigenvalue weighted by Gasteiger charge is 2.10. The van der Waals surface area contributed by atoms with Crippen LogP contribution in [0.4, 0.5) is 21.9 Å². The van der Waals surface area contributed by atoms with Gasteiger partial charge in [-0.1, -0.05) is 24.3 Å². The van der Waals surface area contributed by atoms with E-state index in [-0.39, 0.29) is 18.4 Å². The summed E-state index contributed by atoms with van der Waals surface area (Å²) in [6.45, 7) is 0. The second-order valence-corrected chi connectivity index (χ2v) is 8.05. The van der Waals surface area contributed by atoms with Gasteiger partial charge in [-0.15, -0.1) is 11.3 Å². The van der Waals surface area contributed by atoms with Gasteiger partial charge in [0.1, 0.15) is 5.01 Å². The van der Waals surface area contributed by atoms with Gasteiger partial charge in [-0.2, -0.15) is 11.3 Å². The van der Waals surface area contributed by atoms with Gasteiger partial charge in [-0.25, -0.2) is 9.78 Å². The molecule has 2 aromatic carbocycles. The first-order valence-electron chi connectivity index (χ1n) is 9.16. The van der Waals surface area contributed by atoms with Crippen molar-refractivity contribution < 1.29 is 9.59 Å². The Hall–Kier alpha value is -3.49. The molecular weight excluding hydrogens is 416 g/mol. The van der Waals surface area contributed by atoms with Gasteiger partial charge in [0.2, 0.25) is 5.91 Å². The quantitative estimate of drug-likeness (QED) is 0.364. The number of carbonyl (C=O) groups excluding carboxylic acids is 2. The number of hydrogen-bond donors (Lipinski definition) is 3. The number of carbonyl (C=O) groups is 2. The molecule has 0 radical (unpaired) electrons. The molecule has 2 heterocycles. The highest BCUT2D eigenvalue weighted by atomic mass is 32.1. The smallest absolute Gasteiger partial charge is 0.323 e. The lowest BCUT2D eigenvalue weighted by Crippen LogP contribution is -2.19. The Kier molecular flexibility index (Phi) is 6.17. The molecule has 4 aromatic rings. The average Bonchev–Trinajstić information content (AvgIpc) is 3.40. The number of nitrogens with one attached hydrogen (secondary N) is 3. The van der Waals surface area contributed by atoms with E-state index in [4.69, 9.17) is 0 Å². The van der Waals surface area contributed by atoms with Crippen molar-refractivity contribution in [2.75, 3.05) is 16.0 Å². The first kappa shape index (κ1) is 19.8. The van der Waals surface area contributed by atoms with Crippen molar-refractivity contribution in [2.45, 2.75) is 6.42 Å². The Labute approximate surface area is 181 Å². The van der Waals surface area contributed by atoms with Crippen LogP contribution in [0.5, 0.6) is 0 Å². The Balaban J connectivity index is 1.33. The first-order valence-corrected chi connectivity index (χ1v) is 11.0. The van der Waals surface area contributed by atoms with Crippen LogP contribution >= 0.6 is 22.7 Å². The van der Waals surface area contributed by atoms with Crippen LogP contribution in [0.2, 0.25) is 0 Å². The molecule has 0 atom stereocenters. The van der Waals surface area contributed by atoms with E-state index in [0.717, 1.165) is 16.3 Å². The van der Waals surface area contributed by atoms with E-state index in [9.17, 15) is 9.59 Å². The number of thiazole rings is 1. The van der Waals surface area contributed by atoms with E-state index in [0.29, 0.717) is 17.1 Å². The van der Waals surface area contributed by atoms with Gasteiger partial charge in [-0.05, 0) is 41.8 Å². The summed E-state index contributed by atoms with van der Waals surface area (Å²) >= 11 is 3.14. The number of benzene rings is 2. The Morgan fingerprint density at radius 3 is 2.33 bits per heavy atom. The molecule has 0 aliphatic carbocycles. The van der Waals surface area contributed by atoms with Crippen molar-refractivity contribution in [3.8, 4) is 10.6 Å². The third kappa shape index (κ3) is 5.31. The van der Waals surface area contributed by atoms with Crippen LogP contribution < -0.4 is 16.0 Å². The van der Waals surface area contributed by atoms with Crippen molar-refractivity contribution in [3.63, 3.8) is 0 Å². The zero-order chi connectivity index (χ0) is 20.8. The van der Waals surface area contributed by atoms with Crippen molar-refractivity contribution in [1.82, 2.24) is 4.98 Å². The number of urea groups is 1. The van der Waals surface area contributed by atoms with Gasteiger partial charge >= 0.3 is 6.03 Å². The fourth-order valence-electron chi connectivity index (χ4n) is 2.77. The SMILES string of the molecule is O=C(Cc1csc(-c2ccsc2)n1)Nc1cccc(NC(=O)Nc2ccccc2)c1. The maximum atomic E-state index is 12.4. The molecule has 3 N–H and O–H groups in total. The van der Waals surface area contributed by atoms with Crippen LogP contribution in [0.25, 0.3) is 10.6 Å². The zero-order valence-corrected chi connectivity index (χ0v) is 17.4. The fourth-order valence-corrected chi connectivity index (χ4v) is 4.30. The second kappa shape index (κ2) is 9.34. The Morgan fingerprint density at radius 2 is 1.57 bits per heavy atom. The lowest BCUT2D eigenvalue weighted by Gasteiger charge is -2.10. The highest BCUT2D eigenvalue weighted by molar-refractivity contribution is 7.14. The Morgan fingerprint density at radius 1 is 0.833 bits per heavy atom. The summed E-state index contributed by atoms with van der Waals surface area (Å²) in [6, 6.07) is 17.8. The van der Waals surface area contributed by atoms with Crippen LogP contribution in [-0.4, -0.2) is 16.9 Å². The summed E-state index contributed by atoms with van der Waals surface area (Å²) in [5.74, 6) is -0.164. The molecule has 2 aromatic heterocycles. The number of rotatable bonds is 6. The number of hydrogen-bond acceptors (Lipinski definition) is 5. The number of para-hydroxylation sites is 1. The van der Waals surface area contributed by atoms with Crippen LogP contribution in [-0.2, 0) is 11.2 Å². The molecular formula is C22H18N4O2S2. The van der Waals surface area contributed by atoms with Gasteiger partial charge < -0.3 is 16.0 Å². The van der Waals surface area contributed by atoms with Gasteiger partial charge in [0.05, 0.1) is 12.1 Å². The lowest BCUT2D eigenvalue weighted by atomic mass is 10.2. The molecule has 0 aliphatic heterocycles. The molecule has 3 amide bonds. The second-order valence-electron chi connectivity index (χ2n) is 6.41. The van der Waals surface area contributed by atoms with E-state index in [2.05, 4.69) is 20.9 Å². The van der Waals surface area contributed by atoms with E-state index in [1.165, 1.54) is 11.3 Å². The molecule has 4 rings (SSSR count). The summed E-state index contributed by atoms with van der Waals surface area (Å²) in [6.07, 6.45) is 0.187. The molecule has 30 heavy (non-hydrogen) atoms. The molecule has 150 valence electrons. The molecule has 0 unspecified atom stereocenters. The average molecular weight is 435 g/mol. The minimum absolute atomic E-state index is 0.164. The van der Waals surface area contributed by atoms with Gasteiger partial charge in [0.25, 0.3) is 0 Å². The van der Waals surface area contributed by atoms with E-state index in [1.807, 2.05) is 40.4 Å². The van der Waals surface area contributed by atoms with Gasteiger partial charge in [0.15, 0.2) is 0 Å². The minimum Gasteiger partial charge on any atom is -0.326 e. The van der Waals surface area contributed by atoms with Crippen molar-refractivity contribution in [3.05, 3.63) is 82.5 Å². The Bertz CT molecular complexity index is 1140. The van der Waals surface area contributed by atoms with E-state index >= 15 is 0 Å². The van der Waals surface area contributed by atoms with Crippen molar-refractivity contribution >= 4 is 51.7 Å². The topological polar surface area (TPSA) is 83.1 Å². The number of thiophene rings is 1. The number of anilines is 3. The number of aromatic nitrogens is 1. The molecule has 0 bridgehead atoms. The summed E-state index contributed by atoms with van der Waals surface area (Å²) < 4.78 is 0. The third-order valence-electron chi connectivity index (χ3n) is 4.10. The predicted octanol–water partition coefficient (Wildman–Crippen LogP) is 5.70. The standard InChI is InChI=1S/C22H18N4O2S2/c27-20(12-19-14-30-21(24-19)15-9-10-29-13-15)23-17-7-4-8-18(11-17)26-22(28)25-16-5-2-1-3-6-16/h1-11,13-14H,12H2,(H,23,27)(H2,25,26,28). The third-order valence-corrected chi connectivity index (χ3v) is 5.72. The van der Waals surface area contributed by atoms with Gasteiger partial charge in [-0.3, -0.25) is 4.79 Å². The highest BCUT2D eigenvalue weighted by Crippen LogP contribution is 2.26. The van der Waals surface area contributed by atoms with E-state index in [1.54, 1.807) is 47.7 Å².